The molecule has 1 aliphatic heterocycles. The van der Waals surface area contributed by atoms with Crippen LogP contribution in [0, 0.1) is 11.8 Å². The minimum absolute atomic E-state index is 0.411. The van der Waals surface area contributed by atoms with Crippen LogP contribution in [0.4, 0.5) is 0 Å². The van der Waals surface area contributed by atoms with E-state index < -0.39 is 0 Å². The van der Waals surface area contributed by atoms with Crippen molar-refractivity contribution in [3.8, 4) is 0 Å². The second-order valence-electron chi connectivity index (χ2n) is 5.84. The Hall–Kier alpha value is 0.270. The molecule has 3 atom stereocenters. The van der Waals surface area contributed by atoms with E-state index in [-0.39, 0.29) is 0 Å². The van der Waals surface area contributed by atoms with E-state index in [0.29, 0.717) is 5.54 Å². The molecule has 92 valence electrons. The Labute approximate surface area is 103 Å². The molecule has 3 fully saturated rings. The molecule has 0 spiro atoms. The zero-order chi connectivity index (χ0) is 11.0. The normalized spacial score (nSPS) is 44.8. The average molecular weight is 240 g/mol. The zero-order valence-corrected chi connectivity index (χ0v) is 11.0. The highest BCUT2D eigenvalue weighted by molar-refractivity contribution is 7.99. The predicted molar refractivity (Wildman–Crippen MR) is 70.7 cm³/mol. The molecule has 3 unspecified atom stereocenters. The molecule has 1 saturated heterocycles. The van der Waals surface area contributed by atoms with Crippen molar-refractivity contribution in [2.75, 3.05) is 31.1 Å². The van der Waals surface area contributed by atoms with Gasteiger partial charge in [-0.15, -0.1) is 0 Å². The van der Waals surface area contributed by atoms with Crippen LogP contribution in [0.3, 0.4) is 0 Å². The van der Waals surface area contributed by atoms with Gasteiger partial charge in [-0.3, -0.25) is 4.90 Å². The van der Waals surface area contributed by atoms with Gasteiger partial charge in [-0.1, -0.05) is 6.42 Å². The first-order chi connectivity index (χ1) is 7.85. The van der Waals surface area contributed by atoms with Crippen molar-refractivity contribution in [3.63, 3.8) is 0 Å². The Balaban J connectivity index is 1.78. The summed E-state index contributed by atoms with van der Waals surface area (Å²) < 4.78 is 0. The number of hydrogen-bond acceptors (Lipinski definition) is 3. The fraction of sp³-hybridized carbons (Fsp3) is 1.00. The highest BCUT2D eigenvalue weighted by Gasteiger charge is 2.52. The molecule has 1 heterocycles. The van der Waals surface area contributed by atoms with Crippen LogP contribution in [0.25, 0.3) is 0 Å². The van der Waals surface area contributed by atoms with E-state index in [1.807, 2.05) is 0 Å². The van der Waals surface area contributed by atoms with Crippen molar-refractivity contribution in [1.82, 2.24) is 4.90 Å². The van der Waals surface area contributed by atoms with Crippen LogP contribution in [-0.2, 0) is 0 Å². The lowest BCUT2D eigenvalue weighted by Gasteiger charge is -2.46. The number of fused-ring (bicyclic) bond motifs is 2. The lowest BCUT2D eigenvalue weighted by Crippen LogP contribution is -2.57. The van der Waals surface area contributed by atoms with Gasteiger partial charge in [-0.25, -0.2) is 0 Å². The summed E-state index contributed by atoms with van der Waals surface area (Å²) in [4.78, 5) is 2.77. The summed E-state index contributed by atoms with van der Waals surface area (Å²) in [5, 5.41) is 0. The second-order valence-corrected chi connectivity index (χ2v) is 7.07. The van der Waals surface area contributed by atoms with Gasteiger partial charge in [0.15, 0.2) is 0 Å². The maximum Gasteiger partial charge on any atom is 0.0362 e. The van der Waals surface area contributed by atoms with Crippen LogP contribution in [0.15, 0.2) is 0 Å². The molecule has 0 radical (unpaired) electrons. The Bertz CT molecular complexity index is 250. The lowest BCUT2D eigenvalue weighted by molar-refractivity contribution is 0.0485. The maximum atomic E-state index is 6.19. The van der Waals surface area contributed by atoms with Crippen molar-refractivity contribution < 1.29 is 0 Å². The third kappa shape index (κ3) is 1.72. The summed E-state index contributed by atoms with van der Waals surface area (Å²) in [5.74, 6) is 4.60. The molecule has 3 aliphatic rings. The number of thioether (sulfide) groups is 1. The van der Waals surface area contributed by atoms with Gasteiger partial charge in [-0.2, -0.15) is 11.8 Å². The van der Waals surface area contributed by atoms with Gasteiger partial charge in [0.1, 0.15) is 0 Å². The van der Waals surface area contributed by atoms with Gasteiger partial charge in [0, 0.05) is 24.4 Å². The van der Waals surface area contributed by atoms with Crippen molar-refractivity contribution in [2.24, 2.45) is 17.6 Å². The van der Waals surface area contributed by atoms with Crippen LogP contribution in [0.5, 0.6) is 0 Å². The van der Waals surface area contributed by atoms with Crippen molar-refractivity contribution >= 4 is 11.8 Å². The predicted octanol–water partition coefficient (Wildman–Crippen LogP) is 1.94. The number of rotatable bonds is 2. The zero-order valence-electron chi connectivity index (χ0n) is 10.2. The van der Waals surface area contributed by atoms with Crippen molar-refractivity contribution in [1.29, 1.82) is 0 Å². The van der Waals surface area contributed by atoms with Crippen LogP contribution in [-0.4, -0.2) is 41.6 Å². The minimum atomic E-state index is 0.411. The molecule has 3 heteroatoms. The summed E-state index contributed by atoms with van der Waals surface area (Å²) in [6.45, 7) is 3.48. The molecule has 0 amide bonds. The smallest absolute Gasteiger partial charge is 0.0362 e. The van der Waals surface area contributed by atoms with Gasteiger partial charge < -0.3 is 5.73 Å². The molecular formula is C13H24N2S. The molecule has 3 rings (SSSR count). The third-order valence-corrected chi connectivity index (χ3v) is 6.20. The van der Waals surface area contributed by atoms with Crippen molar-refractivity contribution in [2.45, 2.75) is 37.6 Å². The first-order valence-corrected chi connectivity index (χ1v) is 8.03. The standard InChI is InChI=1S/C13H24N2S/c14-10-13(9-11-2-3-12(13)8-11)15-4-1-6-16-7-5-15/h11-12H,1-10,14H2. The van der Waals surface area contributed by atoms with E-state index in [1.54, 1.807) is 0 Å². The van der Waals surface area contributed by atoms with Gasteiger partial charge in [-0.05, 0) is 49.8 Å². The quantitative estimate of drug-likeness (QED) is 0.800. The Morgan fingerprint density at radius 2 is 2.19 bits per heavy atom. The molecule has 2 bridgehead atoms. The molecule has 0 aromatic heterocycles. The summed E-state index contributed by atoms with van der Waals surface area (Å²) in [7, 11) is 0. The van der Waals surface area contributed by atoms with Crippen LogP contribution < -0.4 is 5.73 Å². The second kappa shape index (κ2) is 4.51. The summed E-state index contributed by atoms with van der Waals surface area (Å²) in [6.07, 6.45) is 7.17. The van der Waals surface area contributed by atoms with E-state index in [0.717, 1.165) is 18.4 Å². The average Bonchev–Trinajstić information content (AvgIpc) is 2.80. The van der Waals surface area contributed by atoms with E-state index >= 15 is 0 Å². The van der Waals surface area contributed by atoms with Crippen LogP contribution in [0.1, 0.15) is 32.1 Å². The fourth-order valence-corrected chi connectivity index (χ4v) is 5.26. The topological polar surface area (TPSA) is 29.3 Å². The molecule has 16 heavy (non-hydrogen) atoms. The molecule has 2 nitrogen and oxygen atoms in total. The van der Waals surface area contributed by atoms with E-state index in [4.69, 9.17) is 5.73 Å². The van der Waals surface area contributed by atoms with E-state index in [2.05, 4.69) is 16.7 Å². The van der Waals surface area contributed by atoms with Gasteiger partial charge in [0.05, 0.1) is 0 Å². The number of hydrogen-bond donors (Lipinski definition) is 1. The summed E-state index contributed by atoms with van der Waals surface area (Å²) in [5.41, 5.74) is 6.60. The van der Waals surface area contributed by atoms with Crippen molar-refractivity contribution in [3.05, 3.63) is 0 Å². The Morgan fingerprint density at radius 3 is 2.88 bits per heavy atom. The monoisotopic (exact) mass is 240 g/mol. The molecule has 2 aliphatic carbocycles. The van der Waals surface area contributed by atoms with E-state index in [1.165, 1.54) is 56.7 Å². The Morgan fingerprint density at radius 1 is 1.25 bits per heavy atom. The Kier molecular flexibility index (Phi) is 3.20. The van der Waals surface area contributed by atoms with Gasteiger partial charge >= 0.3 is 0 Å². The van der Waals surface area contributed by atoms with Crippen LogP contribution >= 0.6 is 11.8 Å². The van der Waals surface area contributed by atoms with Gasteiger partial charge in [0.2, 0.25) is 0 Å². The number of nitrogens with zero attached hydrogens (tertiary/aromatic N) is 1. The first-order valence-electron chi connectivity index (χ1n) is 6.88. The largest absolute Gasteiger partial charge is 0.329 e. The van der Waals surface area contributed by atoms with Crippen LogP contribution in [0.2, 0.25) is 0 Å². The molecule has 2 saturated carbocycles. The molecular weight excluding hydrogens is 216 g/mol. The maximum absolute atomic E-state index is 6.19. The minimum Gasteiger partial charge on any atom is -0.329 e. The highest BCUT2D eigenvalue weighted by atomic mass is 32.2. The molecule has 0 aromatic rings. The summed E-state index contributed by atoms with van der Waals surface area (Å²) in [6, 6.07) is 0. The fourth-order valence-electron chi connectivity index (χ4n) is 4.37. The number of nitrogens with two attached hydrogens (primary N) is 1. The third-order valence-electron chi connectivity index (χ3n) is 5.15. The highest BCUT2D eigenvalue weighted by Crippen LogP contribution is 2.53. The molecule has 2 N–H and O–H groups in total. The van der Waals surface area contributed by atoms with Gasteiger partial charge in [0.25, 0.3) is 0 Å². The lowest BCUT2D eigenvalue weighted by atomic mass is 9.79. The SMILES string of the molecule is NCC1(N2CCCSCC2)CC2CCC1C2. The summed E-state index contributed by atoms with van der Waals surface area (Å²) >= 11 is 2.13. The first kappa shape index (κ1) is 11.4. The van der Waals surface area contributed by atoms with E-state index in [9.17, 15) is 0 Å². The molecule has 0 aromatic carbocycles.